The van der Waals surface area contributed by atoms with Crippen molar-refractivity contribution in [2.75, 3.05) is 14.2 Å². The van der Waals surface area contributed by atoms with Crippen molar-refractivity contribution in [1.82, 2.24) is 0 Å². The first-order valence-electron chi connectivity index (χ1n) is 10.1. The molecule has 33 heavy (non-hydrogen) atoms. The van der Waals surface area contributed by atoms with Crippen molar-refractivity contribution in [3.63, 3.8) is 0 Å². The van der Waals surface area contributed by atoms with E-state index < -0.39 is 34.9 Å². The van der Waals surface area contributed by atoms with E-state index in [2.05, 4.69) is 0 Å². The number of aliphatic hydroxyl groups is 1. The fraction of sp³-hybridized carbons (Fsp3) is 0.240. The fourth-order valence-corrected chi connectivity index (χ4v) is 4.76. The number of rotatable bonds is 4. The number of hydrogen-bond donors (Lipinski definition) is 3. The lowest BCUT2D eigenvalue weighted by Gasteiger charge is -2.36. The predicted molar refractivity (Wildman–Crippen MR) is 118 cm³/mol. The van der Waals surface area contributed by atoms with E-state index in [1.54, 1.807) is 6.92 Å². The molecular formula is C25H22O8. The molecular weight excluding hydrogens is 428 g/mol. The number of benzene rings is 2. The Labute approximate surface area is 189 Å². The molecule has 8 heteroatoms. The second-order valence-corrected chi connectivity index (χ2v) is 7.99. The summed E-state index contributed by atoms with van der Waals surface area (Å²) in [5, 5.41) is 32.1. The van der Waals surface area contributed by atoms with Crippen LogP contribution in [-0.4, -0.2) is 46.9 Å². The van der Waals surface area contributed by atoms with Crippen LogP contribution in [0, 0.1) is 11.8 Å². The van der Waals surface area contributed by atoms with E-state index in [9.17, 15) is 29.7 Å². The molecule has 0 bridgehead atoms. The molecule has 2 atom stereocenters. The number of Topliss-reactive ketones (excluding diaryl/α,β-unsaturated/α-hetero) is 3. The van der Waals surface area contributed by atoms with Crippen LogP contribution < -0.4 is 9.47 Å². The van der Waals surface area contributed by atoms with E-state index >= 15 is 0 Å². The van der Waals surface area contributed by atoms with Crippen molar-refractivity contribution in [3.8, 4) is 23.0 Å². The number of carbonyl (C=O) groups excluding carboxylic acids is 3. The van der Waals surface area contributed by atoms with Crippen molar-refractivity contribution < 1.29 is 39.2 Å². The number of hydrogen-bond acceptors (Lipinski definition) is 8. The molecule has 0 fully saturated rings. The van der Waals surface area contributed by atoms with Crippen LogP contribution in [0.2, 0.25) is 0 Å². The lowest BCUT2D eigenvalue weighted by molar-refractivity contribution is 0.0762. The van der Waals surface area contributed by atoms with E-state index in [0.717, 1.165) is 0 Å². The van der Waals surface area contributed by atoms with Crippen LogP contribution in [0.5, 0.6) is 23.0 Å². The Balaban J connectivity index is 2.07. The Morgan fingerprint density at radius 3 is 2.21 bits per heavy atom. The minimum Gasteiger partial charge on any atom is -0.511 e. The molecule has 2 aliphatic carbocycles. The van der Waals surface area contributed by atoms with E-state index in [1.165, 1.54) is 51.5 Å². The molecule has 0 heterocycles. The zero-order valence-electron chi connectivity index (χ0n) is 18.4. The lowest BCUT2D eigenvalue weighted by Crippen LogP contribution is -2.40. The van der Waals surface area contributed by atoms with Crippen LogP contribution in [-0.2, 0) is 0 Å². The Kier molecular flexibility index (Phi) is 5.24. The van der Waals surface area contributed by atoms with Gasteiger partial charge in [0.25, 0.3) is 0 Å². The number of allylic oxidation sites excluding steroid dienone is 4. The normalized spacial score (nSPS) is 19.6. The highest BCUT2D eigenvalue weighted by Crippen LogP contribution is 2.52. The molecule has 2 unspecified atom stereocenters. The van der Waals surface area contributed by atoms with Crippen molar-refractivity contribution in [1.29, 1.82) is 0 Å². The third kappa shape index (κ3) is 3.09. The van der Waals surface area contributed by atoms with Gasteiger partial charge in [-0.2, -0.15) is 0 Å². The first-order chi connectivity index (χ1) is 15.6. The highest BCUT2D eigenvalue weighted by molar-refractivity contribution is 6.22. The van der Waals surface area contributed by atoms with Gasteiger partial charge in [0.15, 0.2) is 17.3 Å². The zero-order chi connectivity index (χ0) is 24.2. The summed E-state index contributed by atoms with van der Waals surface area (Å²) in [6.07, 6.45) is 1.34. The molecule has 2 aromatic rings. The fourth-order valence-electron chi connectivity index (χ4n) is 4.76. The van der Waals surface area contributed by atoms with Gasteiger partial charge in [0.2, 0.25) is 0 Å². The number of fused-ring (bicyclic) bond motifs is 2. The van der Waals surface area contributed by atoms with Crippen LogP contribution in [0.25, 0.3) is 5.57 Å². The minimum atomic E-state index is -1.30. The molecule has 0 radical (unpaired) electrons. The summed E-state index contributed by atoms with van der Waals surface area (Å²) in [5.74, 6) is -5.03. The van der Waals surface area contributed by atoms with E-state index in [0.29, 0.717) is 5.57 Å². The number of phenolic OH excluding ortho intramolecular Hbond substituents is 2. The second kappa shape index (κ2) is 7.81. The molecule has 0 saturated carbocycles. The Hall–Kier alpha value is -4.07. The maximum Gasteiger partial charge on any atom is 0.178 e. The third-order valence-corrected chi connectivity index (χ3v) is 6.16. The van der Waals surface area contributed by atoms with E-state index in [-0.39, 0.29) is 50.8 Å². The van der Waals surface area contributed by atoms with Crippen molar-refractivity contribution in [3.05, 3.63) is 63.9 Å². The van der Waals surface area contributed by atoms with Crippen molar-refractivity contribution >= 4 is 22.9 Å². The smallest absolute Gasteiger partial charge is 0.178 e. The monoisotopic (exact) mass is 450 g/mol. The van der Waals surface area contributed by atoms with Gasteiger partial charge in [-0.3, -0.25) is 14.4 Å². The van der Waals surface area contributed by atoms with Gasteiger partial charge >= 0.3 is 0 Å². The summed E-state index contributed by atoms with van der Waals surface area (Å²) in [6.45, 7) is 2.88. The number of methoxy groups -OCH3 is 2. The summed E-state index contributed by atoms with van der Waals surface area (Å²) in [4.78, 5) is 39.3. The van der Waals surface area contributed by atoms with Gasteiger partial charge in [-0.25, -0.2) is 0 Å². The van der Waals surface area contributed by atoms with E-state index in [1.807, 2.05) is 0 Å². The lowest BCUT2D eigenvalue weighted by atomic mass is 9.65. The molecule has 8 nitrogen and oxygen atoms in total. The standard InChI is InChI=1S/C25H22O8/c1-10-8-14(28)20-22(23(29)12-6-5-7-13(27)19(12)25(20)31)17(10)21-16(33-4)9-15(32-3)18(11(2)26)24(21)30/h5-9,20,22,27-28,30H,1-4H3. The van der Waals surface area contributed by atoms with Gasteiger partial charge in [0.1, 0.15) is 34.3 Å². The summed E-state index contributed by atoms with van der Waals surface area (Å²) in [5.41, 5.74) is 0.468. The van der Waals surface area contributed by atoms with Crippen molar-refractivity contribution in [2.24, 2.45) is 11.8 Å². The largest absolute Gasteiger partial charge is 0.511 e. The number of ether oxygens (including phenoxy) is 2. The Bertz CT molecular complexity index is 1300. The number of aromatic hydroxyl groups is 2. The summed E-state index contributed by atoms with van der Waals surface area (Å²) >= 11 is 0. The topological polar surface area (TPSA) is 130 Å². The maximum atomic E-state index is 13.6. The molecule has 0 aromatic heterocycles. The molecule has 0 saturated heterocycles. The molecule has 4 rings (SSSR count). The third-order valence-electron chi connectivity index (χ3n) is 6.16. The molecule has 3 N–H and O–H groups in total. The van der Waals surface area contributed by atoms with Crippen LogP contribution in [0.15, 0.2) is 41.7 Å². The Morgan fingerprint density at radius 2 is 1.61 bits per heavy atom. The predicted octanol–water partition coefficient (Wildman–Crippen LogP) is 3.86. The first-order valence-corrected chi connectivity index (χ1v) is 10.1. The van der Waals surface area contributed by atoms with Gasteiger partial charge < -0.3 is 24.8 Å². The second-order valence-electron chi connectivity index (χ2n) is 7.99. The number of aliphatic hydroxyl groups excluding tert-OH is 1. The highest BCUT2D eigenvalue weighted by atomic mass is 16.5. The molecule has 170 valence electrons. The number of ketones is 3. The number of carbonyl (C=O) groups is 3. The van der Waals surface area contributed by atoms with Crippen LogP contribution in [0.4, 0.5) is 0 Å². The average Bonchev–Trinajstić information content (AvgIpc) is 2.76. The summed E-state index contributed by atoms with van der Waals surface area (Å²) < 4.78 is 10.7. The van der Waals surface area contributed by atoms with Crippen molar-refractivity contribution in [2.45, 2.75) is 13.8 Å². The van der Waals surface area contributed by atoms with Gasteiger partial charge in [-0.1, -0.05) is 12.1 Å². The van der Waals surface area contributed by atoms with Gasteiger partial charge in [-0.05, 0) is 37.1 Å². The molecule has 0 amide bonds. The Morgan fingerprint density at radius 1 is 0.939 bits per heavy atom. The van der Waals surface area contributed by atoms with Crippen LogP contribution in [0.3, 0.4) is 0 Å². The minimum absolute atomic E-state index is 0.0139. The zero-order valence-corrected chi connectivity index (χ0v) is 18.4. The number of phenols is 2. The van der Waals surface area contributed by atoms with Gasteiger partial charge in [0.05, 0.1) is 37.2 Å². The first kappa shape index (κ1) is 22.1. The average molecular weight is 450 g/mol. The summed E-state index contributed by atoms with van der Waals surface area (Å²) in [6, 6.07) is 5.61. The SMILES string of the molecule is COc1cc(OC)c(C2=C(C)C=C(O)C3C(=O)c4c(O)cccc4C(=O)C23)c(O)c1C(C)=O. The maximum absolute atomic E-state index is 13.6. The van der Waals surface area contributed by atoms with Crippen LogP contribution >= 0.6 is 0 Å². The van der Waals surface area contributed by atoms with Gasteiger partial charge in [-0.15, -0.1) is 0 Å². The quantitative estimate of drug-likeness (QED) is 0.599. The molecule has 2 aromatic carbocycles. The molecule has 0 aliphatic heterocycles. The van der Waals surface area contributed by atoms with Gasteiger partial charge in [0, 0.05) is 11.6 Å². The summed E-state index contributed by atoms with van der Waals surface area (Å²) in [7, 11) is 2.70. The van der Waals surface area contributed by atoms with Crippen LogP contribution in [0.1, 0.15) is 50.5 Å². The van der Waals surface area contributed by atoms with E-state index in [4.69, 9.17) is 9.47 Å². The molecule has 2 aliphatic rings. The molecule has 0 spiro atoms. The highest BCUT2D eigenvalue weighted by Gasteiger charge is 2.49.